The highest BCUT2D eigenvalue weighted by Crippen LogP contribution is 2.11. The lowest BCUT2D eigenvalue weighted by atomic mass is 10.5. The Morgan fingerprint density at radius 3 is 2.56 bits per heavy atom. The molecule has 0 spiro atoms. The standard InChI is InChI=1S/C4H10N2O2P/c1-4(8-9-7)5-2-3-6-4/h5-6,9H,2-3H2,1H3/q+1. The Labute approximate surface area is 55.2 Å². The second kappa shape index (κ2) is 2.71. The van der Waals surface area contributed by atoms with Crippen LogP contribution >= 0.6 is 8.69 Å². The summed E-state index contributed by atoms with van der Waals surface area (Å²) in [5, 5.41) is 6.02. The molecule has 0 aliphatic carbocycles. The van der Waals surface area contributed by atoms with Crippen LogP contribution in [0.3, 0.4) is 0 Å². The van der Waals surface area contributed by atoms with Crippen molar-refractivity contribution in [2.75, 3.05) is 13.1 Å². The normalized spacial score (nSPS) is 25.0. The fourth-order valence-corrected chi connectivity index (χ4v) is 1.13. The highest BCUT2D eigenvalue weighted by molar-refractivity contribution is 7.17. The van der Waals surface area contributed by atoms with Crippen molar-refractivity contribution in [1.82, 2.24) is 10.6 Å². The molecule has 1 rings (SSSR count). The van der Waals surface area contributed by atoms with Crippen LogP contribution < -0.4 is 10.6 Å². The molecule has 1 aliphatic rings. The average Bonchev–Trinajstić information content (AvgIpc) is 2.16. The summed E-state index contributed by atoms with van der Waals surface area (Å²) in [4.78, 5) is 0. The molecule has 5 heteroatoms. The van der Waals surface area contributed by atoms with Crippen molar-refractivity contribution in [3.8, 4) is 0 Å². The molecular weight excluding hydrogens is 139 g/mol. The number of hydrogen-bond donors (Lipinski definition) is 2. The summed E-state index contributed by atoms with van der Waals surface area (Å²) in [5.74, 6) is -0.555. The topological polar surface area (TPSA) is 50.4 Å². The summed E-state index contributed by atoms with van der Waals surface area (Å²) in [6, 6.07) is 0. The Hall–Kier alpha value is -0.0200. The summed E-state index contributed by atoms with van der Waals surface area (Å²) in [7, 11) is -0.712. The molecule has 0 amide bonds. The first-order valence-electron chi connectivity index (χ1n) is 2.82. The number of nitrogens with one attached hydrogen (secondary N) is 2. The first kappa shape index (κ1) is 7.09. The minimum atomic E-state index is -0.712. The smallest absolute Gasteiger partial charge is 0.272 e. The third-order valence-corrected chi connectivity index (χ3v) is 1.79. The first-order valence-corrected chi connectivity index (χ1v) is 3.64. The lowest BCUT2D eigenvalue weighted by Gasteiger charge is -2.14. The van der Waals surface area contributed by atoms with E-state index in [1.165, 1.54) is 0 Å². The van der Waals surface area contributed by atoms with E-state index >= 15 is 0 Å². The van der Waals surface area contributed by atoms with Crippen molar-refractivity contribution < 1.29 is 9.09 Å². The van der Waals surface area contributed by atoms with Crippen LogP contribution in [0.2, 0.25) is 0 Å². The minimum absolute atomic E-state index is 0.555. The monoisotopic (exact) mass is 149 g/mol. The van der Waals surface area contributed by atoms with Gasteiger partial charge in [-0.05, 0) is 11.5 Å². The summed E-state index contributed by atoms with van der Waals surface area (Å²) in [6.07, 6.45) is 0. The molecule has 1 atom stereocenters. The van der Waals surface area contributed by atoms with Gasteiger partial charge < -0.3 is 0 Å². The second-order valence-electron chi connectivity index (χ2n) is 2.07. The molecule has 1 saturated heterocycles. The van der Waals surface area contributed by atoms with Crippen LogP contribution in [0.1, 0.15) is 6.92 Å². The second-order valence-corrected chi connectivity index (χ2v) is 2.44. The van der Waals surface area contributed by atoms with E-state index in [-0.39, 0.29) is 0 Å². The molecule has 1 unspecified atom stereocenters. The number of hydrogen-bond acceptors (Lipinski definition) is 4. The zero-order valence-corrected chi connectivity index (χ0v) is 6.23. The molecule has 1 heterocycles. The summed E-state index contributed by atoms with van der Waals surface area (Å²) < 4.78 is 14.9. The van der Waals surface area contributed by atoms with Crippen molar-refractivity contribution in [3.63, 3.8) is 0 Å². The van der Waals surface area contributed by atoms with Gasteiger partial charge in [0.05, 0.1) is 0 Å². The van der Waals surface area contributed by atoms with Gasteiger partial charge in [-0.25, -0.2) is 0 Å². The van der Waals surface area contributed by atoms with Gasteiger partial charge in [0.25, 0.3) is 0 Å². The Morgan fingerprint density at radius 1 is 1.56 bits per heavy atom. The maximum atomic E-state index is 10.0. The van der Waals surface area contributed by atoms with E-state index < -0.39 is 14.5 Å². The predicted octanol–water partition coefficient (Wildman–Crippen LogP) is -0.192. The van der Waals surface area contributed by atoms with Crippen molar-refractivity contribution in [2.24, 2.45) is 0 Å². The molecule has 1 fully saturated rings. The first-order chi connectivity index (χ1) is 4.27. The largest absolute Gasteiger partial charge is 0.497 e. The van der Waals surface area contributed by atoms with Gasteiger partial charge in [0.15, 0.2) is 0 Å². The van der Waals surface area contributed by atoms with Crippen LogP contribution in [0.5, 0.6) is 0 Å². The highest BCUT2D eigenvalue weighted by atomic mass is 31.1. The zero-order chi connectivity index (χ0) is 6.74. The van der Waals surface area contributed by atoms with Crippen molar-refractivity contribution >= 4 is 8.69 Å². The van der Waals surface area contributed by atoms with E-state index in [2.05, 4.69) is 10.6 Å². The highest BCUT2D eigenvalue weighted by Gasteiger charge is 2.32. The quantitative estimate of drug-likeness (QED) is 0.534. The van der Waals surface area contributed by atoms with Gasteiger partial charge in [0.1, 0.15) is 0 Å². The van der Waals surface area contributed by atoms with E-state index in [4.69, 9.17) is 4.52 Å². The van der Waals surface area contributed by atoms with Gasteiger partial charge in [-0.2, -0.15) is 0 Å². The molecule has 52 valence electrons. The summed E-state index contributed by atoms with van der Waals surface area (Å²) in [6.45, 7) is 3.53. The third-order valence-electron chi connectivity index (χ3n) is 1.30. The van der Waals surface area contributed by atoms with Crippen molar-refractivity contribution in [2.45, 2.75) is 12.8 Å². The van der Waals surface area contributed by atoms with E-state index in [1.807, 2.05) is 6.92 Å². The summed E-state index contributed by atoms with van der Waals surface area (Å²) in [5.41, 5.74) is 0. The van der Waals surface area contributed by atoms with Crippen LogP contribution in [-0.2, 0) is 9.09 Å². The lowest BCUT2D eigenvalue weighted by molar-refractivity contribution is 0.0656. The van der Waals surface area contributed by atoms with Gasteiger partial charge in [-0.1, -0.05) is 0 Å². The minimum Gasteiger partial charge on any atom is -0.272 e. The molecule has 0 bridgehead atoms. The molecule has 1 aliphatic heterocycles. The zero-order valence-electron chi connectivity index (χ0n) is 5.23. The van der Waals surface area contributed by atoms with Crippen LogP contribution in [-0.4, -0.2) is 18.9 Å². The van der Waals surface area contributed by atoms with Crippen LogP contribution in [0.25, 0.3) is 0 Å². The van der Waals surface area contributed by atoms with Gasteiger partial charge in [-0.3, -0.25) is 10.6 Å². The van der Waals surface area contributed by atoms with Crippen LogP contribution in [0, 0.1) is 0 Å². The van der Waals surface area contributed by atoms with Crippen LogP contribution in [0.15, 0.2) is 0 Å². The van der Waals surface area contributed by atoms with Gasteiger partial charge in [0, 0.05) is 13.1 Å². The molecule has 0 radical (unpaired) electrons. The summed E-state index contributed by atoms with van der Waals surface area (Å²) >= 11 is 0. The molecule has 4 nitrogen and oxygen atoms in total. The fraction of sp³-hybridized carbons (Fsp3) is 1.00. The van der Waals surface area contributed by atoms with E-state index in [0.717, 1.165) is 13.1 Å². The molecular formula is C4H10N2O2P+. The molecule has 2 N–H and O–H groups in total. The molecule has 9 heavy (non-hydrogen) atoms. The Bertz CT molecular complexity index is 113. The number of rotatable bonds is 2. The van der Waals surface area contributed by atoms with E-state index in [9.17, 15) is 4.57 Å². The Morgan fingerprint density at radius 2 is 2.11 bits per heavy atom. The van der Waals surface area contributed by atoms with Crippen molar-refractivity contribution in [3.05, 3.63) is 0 Å². The third kappa shape index (κ3) is 1.69. The molecule has 0 saturated carbocycles. The van der Waals surface area contributed by atoms with E-state index in [1.54, 1.807) is 0 Å². The maximum Gasteiger partial charge on any atom is 0.497 e. The predicted molar refractivity (Wildman–Crippen MR) is 34.5 cm³/mol. The van der Waals surface area contributed by atoms with Crippen LogP contribution in [0.4, 0.5) is 0 Å². The fourth-order valence-electron chi connectivity index (χ4n) is 0.820. The van der Waals surface area contributed by atoms with Gasteiger partial charge in [-0.15, -0.1) is 4.52 Å². The molecule has 0 aromatic carbocycles. The van der Waals surface area contributed by atoms with E-state index in [0.29, 0.717) is 0 Å². The Balaban J connectivity index is 2.40. The maximum absolute atomic E-state index is 10.0. The van der Waals surface area contributed by atoms with Gasteiger partial charge in [0.2, 0.25) is 5.85 Å². The lowest BCUT2D eigenvalue weighted by Crippen LogP contribution is -2.46. The van der Waals surface area contributed by atoms with Gasteiger partial charge >= 0.3 is 8.69 Å². The molecule has 0 aromatic heterocycles. The molecule has 0 aromatic rings. The Kier molecular flexibility index (Phi) is 2.13. The average molecular weight is 149 g/mol. The van der Waals surface area contributed by atoms with Crippen molar-refractivity contribution in [1.29, 1.82) is 0 Å². The SMILES string of the molecule is CC1(O[PH+]=O)NCCN1.